The second-order valence-electron chi connectivity index (χ2n) is 2.21. The van der Waals surface area contributed by atoms with E-state index in [9.17, 15) is 13.2 Å². The minimum absolute atomic E-state index is 0.162. The molecule has 0 radical (unpaired) electrons. The molecule has 0 fully saturated rings. The molecule has 0 aliphatic rings. The number of hydrogen-bond donors (Lipinski definition) is 0. The standard InChI is InChI=1S/C8H11F3/c1-4-7(5(2)9)8(11)6(3)10/h4H2,1-3H3/b7-5+,8-6-. The van der Waals surface area contributed by atoms with Crippen LogP contribution in [0.4, 0.5) is 13.2 Å². The van der Waals surface area contributed by atoms with Crippen LogP contribution < -0.4 is 0 Å². The fraction of sp³-hybridized carbons (Fsp3) is 0.500. The van der Waals surface area contributed by atoms with Crippen molar-refractivity contribution < 1.29 is 13.2 Å². The quantitative estimate of drug-likeness (QED) is 0.544. The van der Waals surface area contributed by atoms with E-state index in [1.165, 1.54) is 0 Å². The number of rotatable bonds is 2. The molecule has 0 aromatic heterocycles. The van der Waals surface area contributed by atoms with Gasteiger partial charge in [0, 0.05) is 5.57 Å². The van der Waals surface area contributed by atoms with Crippen LogP contribution >= 0.6 is 0 Å². The Hall–Kier alpha value is -0.730. The number of allylic oxidation sites excluding steroid dienone is 4. The summed E-state index contributed by atoms with van der Waals surface area (Å²) in [5.74, 6) is -2.71. The molecule has 0 nitrogen and oxygen atoms in total. The average molecular weight is 164 g/mol. The second kappa shape index (κ2) is 4.21. The van der Waals surface area contributed by atoms with Crippen molar-refractivity contribution in [1.29, 1.82) is 0 Å². The molecule has 0 bridgehead atoms. The van der Waals surface area contributed by atoms with Gasteiger partial charge in [0.1, 0.15) is 11.7 Å². The first kappa shape index (κ1) is 10.3. The van der Waals surface area contributed by atoms with Crippen LogP contribution in [0.1, 0.15) is 27.2 Å². The van der Waals surface area contributed by atoms with Crippen LogP contribution in [-0.4, -0.2) is 0 Å². The van der Waals surface area contributed by atoms with Gasteiger partial charge in [0.2, 0.25) is 0 Å². The first-order chi connectivity index (χ1) is 5.00. The van der Waals surface area contributed by atoms with Crippen molar-refractivity contribution in [3.05, 3.63) is 23.1 Å². The van der Waals surface area contributed by atoms with Gasteiger partial charge < -0.3 is 0 Å². The first-order valence-electron chi connectivity index (χ1n) is 3.38. The Labute approximate surface area is 64.4 Å². The Bertz CT molecular complexity index is 193. The molecule has 0 aliphatic carbocycles. The molecule has 0 heterocycles. The lowest BCUT2D eigenvalue weighted by molar-refractivity contribution is 0.527. The predicted octanol–water partition coefficient (Wildman–Crippen LogP) is 3.81. The largest absolute Gasteiger partial charge is 0.212 e. The van der Waals surface area contributed by atoms with E-state index in [-0.39, 0.29) is 12.0 Å². The van der Waals surface area contributed by atoms with Gasteiger partial charge in [-0.05, 0) is 20.3 Å². The van der Waals surface area contributed by atoms with Gasteiger partial charge in [0.25, 0.3) is 0 Å². The van der Waals surface area contributed by atoms with E-state index in [1.807, 2.05) is 0 Å². The summed E-state index contributed by atoms with van der Waals surface area (Å²) in [7, 11) is 0. The third-order valence-electron chi connectivity index (χ3n) is 1.34. The fourth-order valence-electron chi connectivity index (χ4n) is 0.758. The SMILES string of the molecule is CCC(/C(F)=C(\C)F)=C(/C)F. The smallest absolute Gasteiger partial charge is 0.160 e. The van der Waals surface area contributed by atoms with E-state index in [0.717, 1.165) is 13.8 Å². The molecule has 0 atom stereocenters. The van der Waals surface area contributed by atoms with Crippen LogP contribution in [-0.2, 0) is 0 Å². The molecule has 0 saturated carbocycles. The van der Waals surface area contributed by atoms with Crippen molar-refractivity contribution in [3.63, 3.8) is 0 Å². The van der Waals surface area contributed by atoms with Crippen LogP contribution in [0, 0.1) is 0 Å². The van der Waals surface area contributed by atoms with Crippen molar-refractivity contribution in [2.45, 2.75) is 27.2 Å². The van der Waals surface area contributed by atoms with Crippen molar-refractivity contribution in [2.24, 2.45) is 0 Å². The van der Waals surface area contributed by atoms with Gasteiger partial charge in [-0.2, -0.15) is 0 Å². The van der Waals surface area contributed by atoms with Crippen molar-refractivity contribution in [1.82, 2.24) is 0 Å². The minimum atomic E-state index is -1.08. The van der Waals surface area contributed by atoms with E-state index in [1.54, 1.807) is 6.92 Å². The molecular weight excluding hydrogens is 153 g/mol. The van der Waals surface area contributed by atoms with E-state index < -0.39 is 17.5 Å². The van der Waals surface area contributed by atoms with E-state index in [0.29, 0.717) is 0 Å². The first-order valence-corrected chi connectivity index (χ1v) is 3.38. The summed E-state index contributed by atoms with van der Waals surface area (Å²) < 4.78 is 37.3. The van der Waals surface area contributed by atoms with Crippen LogP contribution in [0.25, 0.3) is 0 Å². The van der Waals surface area contributed by atoms with Crippen LogP contribution in [0.5, 0.6) is 0 Å². The zero-order chi connectivity index (χ0) is 9.02. The van der Waals surface area contributed by atoms with E-state index in [2.05, 4.69) is 0 Å². The van der Waals surface area contributed by atoms with Gasteiger partial charge in [-0.25, -0.2) is 13.2 Å². The predicted molar refractivity (Wildman–Crippen MR) is 39.0 cm³/mol. The molecule has 0 saturated heterocycles. The molecule has 0 rings (SSSR count). The minimum Gasteiger partial charge on any atom is -0.212 e. The van der Waals surface area contributed by atoms with Crippen LogP contribution in [0.2, 0.25) is 0 Å². The molecule has 0 aromatic carbocycles. The Morgan fingerprint density at radius 1 is 1.00 bits per heavy atom. The van der Waals surface area contributed by atoms with E-state index >= 15 is 0 Å². The Morgan fingerprint density at radius 2 is 1.45 bits per heavy atom. The molecule has 0 unspecified atom stereocenters. The molecule has 0 spiro atoms. The zero-order valence-electron chi connectivity index (χ0n) is 6.84. The lowest BCUT2D eigenvalue weighted by Crippen LogP contribution is -1.86. The number of hydrogen-bond acceptors (Lipinski definition) is 0. The van der Waals surface area contributed by atoms with Gasteiger partial charge in [0.15, 0.2) is 5.83 Å². The maximum absolute atomic E-state index is 12.6. The maximum atomic E-state index is 12.6. The van der Waals surface area contributed by atoms with Crippen molar-refractivity contribution in [3.8, 4) is 0 Å². The summed E-state index contributed by atoms with van der Waals surface area (Å²) in [5.41, 5.74) is -0.190. The third kappa shape index (κ3) is 2.78. The van der Waals surface area contributed by atoms with Gasteiger partial charge in [0.05, 0.1) is 0 Å². The molecule has 0 aromatic rings. The van der Waals surface area contributed by atoms with Gasteiger partial charge in [-0.15, -0.1) is 0 Å². The summed E-state index contributed by atoms with van der Waals surface area (Å²) in [6.45, 7) is 3.65. The highest BCUT2D eigenvalue weighted by Crippen LogP contribution is 2.23. The number of halogens is 3. The summed E-state index contributed by atoms with van der Waals surface area (Å²) in [4.78, 5) is 0. The monoisotopic (exact) mass is 164 g/mol. The Balaban J connectivity index is 4.84. The second-order valence-corrected chi connectivity index (χ2v) is 2.21. The maximum Gasteiger partial charge on any atom is 0.160 e. The molecule has 0 N–H and O–H groups in total. The third-order valence-corrected chi connectivity index (χ3v) is 1.34. The molecule has 11 heavy (non-hydrogen) atoms. The lowest BCUT2D eigenvalue weighted by Gasteiger charge is -2.01. The van der Waals surface area contributed by atoms with Gasteiger partial charge in [-0.3, -0.25) is 0 Å². The summed E-state index contributed by atoms with van der Waals surface area (Å²) in [6, 6.07) is 0. The van der Waals surface area contributed by atoms with Gasteiger partial charge in [-0.1, -0.05) is 6.92 Å². The van der Waals surface area contributed by atoms with Crippen molar-refractivity contribution in [2.75, 3.05) is 0 Å². The topological polar surface area (TPSA) is 0 Å². The fourth-order valence-corrected chi connectivity index (χ4v) is 0.758. The van der Waals surface area contributed by atoms with Gasteiger partial charge >= 0.3 is 0 Å². The van der Waals surface area contributed by atoms with E-state index in [4.69, 9.17) is 0 Å². The highest BCUT2D eigenvalue weighted by Gasteiger charge is 2.09. The molecule has 0 amide bonds. The molecule has 3 heteroatoms. The average Bonchev–Trinajstić information content (AvgIpc) is 1.88. The zero-order valence-corrected chi connectivity index (χ0v) is 6.84. The molecule has 64 valence electrons. The van der Waals surface area contributed by atoms with Crippen molar-refractivity contribution >= 4 is 0 Å². The highest BCUT2D eigenvalue weighted by atomic mass is 19.2. The summed E-state index contributed by atoms with van der Waals surface area (Å²) >= 11 is 0. The summed E-state index contributed by atoms with van der Waals surface area (Å²) in [6.07, 6.45) is 0.162. The lowest BCUT2D eigenvalue weighted by atomic mass is 10.1. The molecule has 0 aliphatic heterocycles. The highest BCUT2D eigenvalue weighted by molar-refractivity contribution is 5.28. The van der Waals surface area contributed by atoms with Crippen LogP contribution in [0.3, 0.4) is 0 Å². The molecular formula is C8H11F3. The normalized spacial score (nSPS) is 15.8. The van der Waals surface area contributed by atoms with Crippen LogP contribution in [0.15, 0.2) is 23.1 Å². The Kier molecular flexibility index (Phi) is 3.93. The Morgan fingerprint density at radius 3 is 1.55 bits per heavy atom. The summed E-state index contributed by atoms with van der Waals surface area (Å²) in [5, 5.41) is 0.